The lowest BCUT2D eigenvalue weighted by atomic mass is 10.2. The normalized spacial score (nSPS) is 20.1. The van der Waals surface area contributed by atoms with Gasteiger partial charge in [-0.25, -0.2) is 4.98 Å². The Morgan fingerprint density at radius 2 is 2.41 bits per heavy atom. The number of β-amino-alcohol motifs (C(OH)–C–C–N with tert-alkyl or cyclic N) is 1. The van der Waals surface area contributed by atoms with Gasteiger partial charge in [0.05, 0.1) is 24.1 Å². The van der Waals surface area contributed by atoms with E-state index in [1.54, 1.807) is 23.5 Å². The second-order valence-electron chi connectivity index (χ2n) is 4.33. The Balaban J connectivity index is 1.89. The van der Waals surface area contributed by atoms with Crippen LogP contribution in [0.5, 0.6) is 0 Å². The number of aliphatic hydroxyl groups excluding tert-OH is 1. The Morgan fingerprint density at radius 3 is 3.18 bits per heavy atom. The smallest absolute Gasteiger partial charge is 0.254 e. The molecule has 0 radical (unpaired) electrons. The van der Waals surface area contributed by atoms with Gasteiger partial charge in [-0.05, 0) is 18.6 Å². The Bertz CT molecular complexity index is 564. The number of amides is 1. The molecule has 3 heterocycles. The van der Waals surface area contributed by atoms with Crippen LogP contribution in [0.4, 0.5) is 0 Å². The third-order valence-electron chi connectivity index (χ3n) is 3.11. The molecule has 0 bridgehead atoms. The monoisotopic (exact) mass is 231 g/mol. The van der Waals surface area contributed by atoms with E-state index < -0.39 is 0 Å². The van der Waals surface area contributed by atoms with Gasteiger partial charge < -0.3 is 14.4 Å². The molecule has 0 saturated carbocycles. The van der Waals surface area contributed by atoms with Gasteiger partial charge in [0, 0.05) is 24.8 Å². The second kappa shape index (κ2) is 3.85. The number of fused-ring (bicyclic) bond motifs is 1. The van der Waals surface area contributed by atoms with Crippen LogP contribution in [-0.4, -0.2) is 44.5 Å². The van der Waals surface area contributed by atoms with Crippen LogP contribution >= 0.6 is 0 Å². The summed E-state index contributed by atoms with van der Waals surface area (Å²) in [5, 5.41) is 9.43. The Kier molecular flexibility index (Phi) is 2.33. The molecule has 1 fully saturated rings. The summed E-state index contributed by atoms with van der Waals surface area (Å²) < 4.78 is 1.86. The van der Waals surface area contributed by atoms with E-state index in [0.717, 1.165) is 5.52 Å². The first-order valence-electron chi connectivity index (χ1n) is 5.63. The molecule has 2 aromatic heterocycles. The van der Waals surface area contributed by atoms with E-state index in [1.807, 2.05) is 16.7 Å². The molecule has 17 heavy (non-hydrogen) atoms. The zero-order valence-corrected chi connectivity index (χ0v) is 9.28. The summed E-state index contributed by atoms with van der Waals surface area (Å²) in [6.07, 6.45) is 5.53. The number of aliphatic hydroxyl groups is 1. The number of imidazole rings is 1. The number of carbonyl (C=O) groups is 1. The van der Waals surface area contributed by atoms with Gasteiger partial charge >= 0.3 is 0 Å². The van der Waals surface area contributed by atoms with Crippen LogP contribution in [0.15, 0.2) is 30.9 Å². The van der Waals surface area contributed by atoms with Crippen molar-refractivity contribution in [2.45, 2.75) is 12.5 Å². The first-order valence-corrected chi connectivity index (χ1v) is 5.63. The van der Waals surface area contributed by atoms with Gasteiger partial charge in [-0.3, -0.25) is 4.79 Å². The summed E-state index contributed by atoms with van der Waals surface area (Å²) in [7, 11) is 0. The van der Waals surface area contributed by atoms with Gasteiger partial charge in [-0.2, -0.15) is 0 Å². The molecular formula is C12H13N3O2. The van der Waals surface area contributed by atoms with Crippen LogP contribution in [0.3, 0.4) is 0 Å². The Hall–Kier alpha value is -1.88. The maximum Gasteiger partial charge on any atom is 0.254 e. The highest BCUT2D eigenvalue weighted by Gasteiger charge is 2.25. The zero-order valence-electron chi connectivity index (χ0n) is 9.28. The van der Waals surface area contributed by atoms with Gasteiger partial charge in [0.1, 0.15) is 0 Å². The van der Waals surface area contributed by atoms with Crippen molar-refractivity contribution in [2.75, 3.05) is 13.1 Å². The van der Waals surface area contributed by atoms with E-state index in [1.165, 1.54) is 0 Å². The molecule has 3 rings (SSSR count). The fourth-order valence-electron chi connectivity index (χ4n) is 2.16. The molecule has 5 nitrogen and oxygen atoms in total. The molecule has 5 heteroatoms. The SMILES string of the molecule is O=C(c1ccn2cncc2c1)N1CCC(O)C1. The summed E-state index contributed by atoms with van der Waals surface area (Å²) in [5.74, 6) is -0.0229. The molecule has 2 aromatic rings. The summed E-state index contributed by atoms with van der Waals surface area (Å²) in [5.41, 5.74) is 1.54. The van der Waals surface area contributed by atoms with E-state index in [2.05, 4.69) is 4.98 Å². The van der Waals surface area contributed by atoms with Gasteiger partial charge in [-0.15, -0.1) is 0 Å². The second-order valence-corrected chi connectivity index (χ2v) is 4.33. The highest BCUT2D eigenvalue weighted by atomic mass is 16.3. The minimum Gasteiger partial charge on any atom is -0.391 e. The predicted octanol–water partition coefficient (Wildman–Crippen LogP) is 0.541. The number of rotatable bonds is 1. The third-order valence-corrected chi connectivity index (χ3v) is 3.11. The Morgan fingerprint density at radius 1 is 1.53 bits per heavy atom. The largest absolute Gasteiger partial charge is 0.391 e. The Labute approximate surface area is 98.3 Å². The zero-order chi connectivity index (χ0) is 11.8. The number of hydrogen-bond donors (Lipinski definition) is 1. The first kappa shape index (κ1) is 10.3. The molecule has 1 atom stereocenters. The van der Waals surface area contributed by atoms with Crippen LogP contribution in [0.25, 0.3) is 5.52 Å². The average Bonchev–Trinajstić information content (AvgIpc) is 2.95. The van der Waals surface area contributed by atoms with E-state index in [0.29, 0.717) is 25.1 Å². The van der Waals surface area contributed by atoms with Crippen molar-refractivity contribution in [2.24, 2.45) is 0 Å². The molecule has 0 aliphatic carbocycles. The van der Waals surface area contributed by atoms with Crippen molar-refractivity contribution in [3.63, 3.8) is 0 Å². The van der Waals surface area contributed by atoms with E-state index in [-0.39, 0.29) is 12.0 Å². The number of carbonyl (C=O) groups excluding carboxylic acids is 1. The minimum atomic E-state index is -0.377. The van der Waals surface area contributed by atoms with E-state index in [9.17, 15) is 9.90 Å². The van der Waals surface area contributed by atoms with Crippen LogP contribution in [0.1, 0.15) is 16.8 Å². The average molecular weight is 231 g/mol. The molecule has 1 unspecified atom stereocenters. The van der Waals surface area contributed by atoms with Crippen molar-refractivity contribution in [3.8, 4) is 0 Å². The lowest BCUT2D eigenvalue weighted by Crippen LogP contribution is -2.29. The molecule has 1 amide bonds. The lowest BCUT2D eigenvalue weighted by molar-refractivity contribution is 0.0765. The quantitative estimate of drug-likeness (QED) is 0.779. The number of hydrogen-bond acceptors (Lipinski definition) is 3. The van der Waals surface area contributed by atoms with Crippen molar-refractivity contribution in [1.29, 1.82) is 0 Å². The van der Waals surface area contributed by atoms with Crippen molar-refractivity contribution in [3.05, 3.63) is 36.4 Å². The predicted molar refractivity (Wildman–Crippen MR) is 61.7 cm³/mol. The molecule has 1 saturated heterocycles. The number of likely N-dealkylation sites (tertiary alicyclic amines) is 1. The molecular weight excluding hydrogens is 218 g/mol. The highest BCUT2D eigenvalue weighted by molar-refractivity contribution is 5.95. The van der Waals surface area contributed by atoms with E-state index >= 15 is 0 Å². The topological polar surface area (TPSA) is 57.8 Å². The summed E-state index contributed by atoms with van der Waals surface area (Å²) in [4.78, 5) is 17.8. The maximum absolute atomic E-state index is 12.1. The van der Waals surface area contributed by atoms with Gasteiger partial charge in [-0.1, -0.05) is 0 Å². The summed E-state index contributed by atoms with van der Waals surface area (Å²) in [6, 6.07) is 3.60. The van der Waals surface area contributed by atoms with Gasteiger partial charge in [0.2, 0.25) is 0 Å². The molecule has 1 aliphatic heterocycles. The summed E-state index contributed by atoms with van der Waals surface area (Å²) in [6.45, 7) is 1.06. The van der Waals surface area contributed by atoms with Crippen LogP contribution in [-0.2, 0) is 0 Å². The number of pyridine rings is 1. The molecule has 1 aliphatic rings. The highest BCUT2D eigenvalue weighted by Crippen LogP contribution is 2.14. The minimum absolute atomic E-state index is 0.0229. The molecule has 0 aromatic carbocycles. The fourth-order valence-corrected chi connectivity index (χ4v) is 2.16. The third kappa shape index (κ3) is 1.78. The first-order chi connectivity index (χ1) is 8.24. The number of nitrogens with zero attached hydrogens (tertiary/aromatic N) is 3. The van der Waals surface area contributed by atoms with Crippen LogP contribution in [0, 0.1) is 0 Å². The lowest BCUT2D eigenvalue weighted by Gasteiger charge is -2.15. The van der Waals surface area contributed by atoms with Crippen LogP contribution < -0.4 is 0 Å². The van der Waals surface area contributed by atoms with E-state index in [4.69, 9.17) is 0 Å². The van der Waals surface area contributed by atoms with Crippen molar-refractivity contribution >= 4 is 11.4 Å². The molecule has 1 N–H and O–H groups in total. The maximum atomic E-state index is 12.1. The van der Waals surface area contributed by atoms with Crippen molar-refractivity contribution in [1.82, 2.24) is 14.3 Å². The summed E-state index contributed by atoms with van der Waals surface area (Å²) >= 11 is 0. The number of aromatic nitrogens is 2. The van der Waals surface area contributed by atoms with Crippen LogP contribution in [0.2, 0.25) is 0 Å². The fraction of sp³-hybridized carbons (Fsp3) is 0.333. The molecule has 88 valence electrons. The molecule has 0 spiro atoms. The van der Waals surface area contributed by atoms with Gasteiger partial charge in [0.25, 0.3) is 5.91 Å². The standard InChI is InChI=1S/C12H13N3O2/c16-11-2-4-14(7-11)12(17)9-1-3-15-8-13-6-10(15)5-9/h1,3,5-6,8,11,16H,2,4,7H2. The van der Waals surface area contributed by atoms with Crippen molar-refractivity contribution < 1.29 is 9.90 Å². The van der Waals surface area contributed by atoms with Gasteiger partial charge in [0.15, 0.2) is 0 Å².